The van der Waals surface area contributed by atoms with E-state index in [1.165, 1.54) is 24.1 Å². The van der Waals surface area contributed by atoms with Gasteiger partial charge in [0.05, 0.1) is 29.9 Å². The number of nitrogens with one attached hydrogen (secondary N) is 1. The minimum Gasteiger partial charge on any atom is -0.466 e. The molecule has 10 heteroatoms. The maximum absolute atomic E-state index is 13.2. The average Bonchev–Trinajstić information content (AvgIpc) is 2.83. The van der Waals surface area contributed by atoms with Gasteiger partial charge < -0.3 is 15.0 Å². The number of halogens is 3. The zero-order valence-electron chi connectivity index (χ0n) is 18.4. The molecule has 0 spiro atoms. The molecule has 2 amide bonds. The summed E-state index contributed by atoms with van der Waals surface area (Å²) < 4.78 is 44.4. The van der Waals surface area contributed by atoms with Gasteiger partial charge in [0, 0.05) is 38.4 Å². The predicted molar refractivity (Wildman–Crippen MR) is 120 cm³/mol. The quantitative estimate of drug-likeness (QED) is 0.526. The number of ether oxygens (including phenoxy) is 1. The number of urea groups is 1. The van der Waals surface area contributed by atoms with Crippen LogP contribution in [0.3, 0.4) is 0 Å². The van der Waals surface area contributed by atoms with E-state index in [1.54, 1.807) is 6.08 Å². The first-order chi connectivity index (χ1) is 16.2. The van der Waals surface area contributed by atoms with Crippen molar-refractivity contribution in [2.24, 2.45) is 0 Å². The summed E-state index contributed by atoms with van der Waals surface area (Å²) >= 11 is 0. The molecule has 1 aliphatic rings. The molecule has 0 aromatic heterocycles. The van der Waals surface area contributed by atoms with Crippen LogP contribution in [0.15, 0.2) is 54.1 Å². The number of anilines is 1. The van der Waals surface area contributed by atoms with Gasteiger partial charge in [-0.3, -0.25) is 4.90 Å². The standard InChI is InChI=1S/C24H23F3N4O3/c1-34-22(32)19(13-17-5-3-2-4-6-17)16-30-9-11-31(12-10-30)23(33)29-20-8-7-18(15-28)21(14-20)24(25,26)27/h2-8,13-14H,9-12,16H2,1H3,(H,29,33)/b19-13+. The van der Waals surface area contributed by atoms with Gasteiger partial charge in [-0.2, -0.15) is 18.4 Å². The fourth-order valence-corrected chi connectivity index (χ4v) is 3.56. The van der Waals surface area contributed by atoms with Crippen LogP contribution in [0.2, 0.25) is 0 Å². The molecule has 178 valence electrons. The van der Waals surface area contributed by atoms with E-state index in [4.69, 9.17) is 10.00 Å². The lowest BCUT2D eigenvalue weighted by Crippen LogP contribution is -2.50. The van der Waals surface area contributed by atoms with Crippen molar-refractivity contribution >= 4 is 23.8 Å². The molecule has 0 unspecified atom stereocenters. The summed E-state index contributed by atoms with van der Waals surface area (Å²) in [5.41, 5.74) is -0.315. The van der Waals surface area contributed by atoms with Gasteiger partial charge in [0.15, 0.2) is 0 Å². The van der Waals surface area contributed by atoms with Gasteiger partial charge in [-0.15, -0.1) is 0 Å². The van der Waals surface area contributed by atoms with Gasteiger partial charge in [-0.05, 0) is 29.8 Å². The second-order valence-electron chi connectivity index (χ2n) is 7.64. The summed E-state index contributed by atoms with van der Waals surface area (Å²) in [4.78, 5) is 28.3. The summed E-state index contributed by atoms with van der Waals surface area (Å²) in [6.45, 7) is 1.93. The number of esters is 1. The van der Waals surface area contributed by atoms with Crippen molar-refractivity contribution in [2.75, 3.05) is 45.2 Å². The molecule has 0 bridgehead atoms. The van der Waals surface area contributed by atoms with E-state index in [2.05, 4.69) is 5.32 Å². The average molecular weight is 472 g/mol. The Morgan fingerprint density at radius 3 is 2.38 bits per heavy atom. The van der Waals surface area contributed by atoms with Gasteiger partial charge in [-0.1, -0.05) is 30.3 Å². The molecule has 7 nitrogen and oxygen atoms in total. The molecule has 1 fully saturated rings. The Labute approximate surface area is 195 Å². The van der Waals surface area contributed by atoms with Crippen molar-refractivity contribution in [1.29, 1.82) is 5.26 Å². The highest BCUT2D eigenvalue weighted by Gasteiger charge is 2.34. The van der Waals surface area contributed by atoms with E-state index >= 15 is 0 Å². The molecule has 0 radical (unpaired) electrons. The number of carbonyl (C=O) groups excluding carboxylic acids is 2. The third kappa shape index (κ3) is 6.36. The summed E-state index contributed by atoms with van der Waals surface area (Å²) in [5.74, 6) is -0.440. The lowest BCUT2D eigenvalue weighted by molar-refractivity contribution is -0.138. The lowest BCUT2D eigenvalue weighted by Gasteiger charge is -2.34. The van der Waals surface area contributed by atoms with Crippen molar-refractivity contribution in [3.63, 3.8) is 0 Å². The second-order valence-corrected chi connectivity index (χ2v) is 7.64. The number of benzene rings is 2. The molecular formula is C24H23F3N4O3. The third-order valence-corrected chi connectivity index (χ3v) is 5.34. The number of hydrogen-bond acceptors (Lipinski definition) is 5. The number of methoxy groups -OCH3 is 1. The number of carbonyl (C=O) groups is 2. The Kier molecular flexibility index (Phi) is 7.91. The van der Waals surface area contributed by atoms with E-state index in [0.29, 0.717) is 38.3 Å². The van der Waals surface area contributed by atoms with Crippen LogP contribution in [0.4, 0.5) is 23.7 Å². The van der Waals surface area contributed by atoms with E-state index in [0.717, 1.165) is 17.7 Å². The molecule has 1 heterocycles. The van der Waals surface area contributed by atoms with Crippen LogP contribution in [-0.2, 0) is 15.7 Å². The van der Waals surface area contributed by atoms with Gasteiger partial charge in [0.1, 0.15) is 0 Å². The van der Waals surface area contributed by atoms with Crippen LogP contribution in [0.5, 0.6) is 0 Å². The number of nitrogens with zero attached hydrogens (tertiary/aromatic N) is 3. The second kappa shape index (κ2) is 10.9. The van der Waals surface area contributed by atoms with E-state index < -0.39 is 29.3 Å². The molecule has 3 rings (SSSR count). The molecule has 0 aliphatic carbocycles. The lowest BCUT2D eigenvalue weighted by atomic mass is 10.1. The highest BCUT2D eigenvalue weighted by atomic mass is 19.4. The highest BCUT2D eigenvalue weighted by Crippen LogP contribution is 2.33. The van der Waals surface area contributed by atoms with Crippen LogP contribution < -0.4 is 5.32 Å². The fourth-order valence-electron chi connectivity index (χ4n) is 3.56. The Balaban J connectivity index is 1.61. The van der Waals surface area contributed by atoms with E-state index in [1.807, 2.05) is 35.2 Å². The molecular weight excluding hydrogens is 449 g/mol. The number of hydrogen-bond donors (Lipinski definition) is 1. The zero-order chi connectivity index (χ0) is 24.7. The molecule has 2 aromatic rings. The maximum Gasteiger partial charge on any atom is 0.417 e. The van der Waals surface area contributed by atoms with Gasteiger partial charge in [0.2, 0.25) is 0 Å². The number of piperazine rings is 1. The maximum atomic E-state index is 13.2. The minimum atomic E-state index is -4.71. The van der Waals surface area contributed by atoms with E-state index in [-0.39, 0.29) is 5.69 Å². The highest BCUT2D eigenvalue weighted by molar-refractivity contribution is 5.94. The summed E-state index contributed by atoms with van der Waals surface area (Å²) in [6.07, 6.45) is -2.95. The molecule has 0 saturated carbocycles. The first kappa shape index (κ1) is 24.8. The zero-order valence-corrected chi connectivity index (χ0v) is 18.4. The first-order valence-electron chi connectivity index (χ1n) is 10.4. The Hall–Kier alpha value is -3.84. The fraction of sp³-hybridized carbons (Fsp3) is 0.292. The SMILES string of the molecule is COC(=O)/C(=C/c1ccccc1)CN1CCN(C(=O)Nc2ccc(C#N)c(C(F)(F)F)c2)CC1. The topological polar surface area (TPSA) is 85.7 Å². The molecule has 1 N–H and O–H groups in total. The van der Waals surface area contributed by atoms with Crippen LogP contribution >= 0.6 is 0 Å². The van der Waals surface area contributed by atoms with Crippen LogP contribution in [-0.4, -0.2) is 61.6 Å². The molecule has 0 atom stereocenters. The predicted octanol–water partition coefficient (Wildman–Crippen LogP) is 3.98. The van der Waals surface area contributed by atoms with Crippen LogP contribution in [0, 0.1) is 11.3 Å². The Bertz CT molecular complexity index is 1100. The number of alkyl halides is 3. The minimum absolute atomic E-state index is 0.0440. The largest absolute Gasteiger partial charge is 0.466 e. The summed E-state index contributed by atoms with van der Waals surface area (Å²) in [5, 5.41) is 11.4. The third-order valence-electron chi connectivity index (χ3n) is 5.34. The van der Waals surface area contributed by atoms with Gasteiger partial charge >= 0.3 is 18.2 Å². The number of nitriles is 1. The normalized spacial score (nSPS) is 14.9. The van der Waals surface area contributed by atoms with Crippen LogP contribution in [0.25, 0.3) is 6.08 Å². The van der Waals surface area contributed by atoms with Crippen molar-refractivity contribution in [2.45, 2.75) is 6.18 Å². The molecule has 34 heavy (non-hydrogen) atoms. The monoisotopic (exact) mass is 472 g/mol. The van der Waals surface area contributed by atoms with Crippen molar-refractivity contribution in [3.05, 3.63) is 70.8 Å². The van der Waals surface area contributed by atoms with Crippen LogP contribution in [0.1, 0.15) is 16.7 Å². The molecule has 1 saturated heterocycles. The Morgan fingerprint density at radius 1 is 1.12 bits per heavy atom. The summed E-state index contributed by atoms with van der Waals surface area (Å²) in [7, 11) is 1.32. The molecule has 1 aliphatic heterocycles. The van der Waals surface area contributed by atoms with Gasteiger partial charge in [0.25, 0.3) is 0 Å². The first-order valence-corrected chi connectivity index (χ1v) is 10.4. The van der Waals surface area contributed by atoms with Gasteiger partial charge in [-0.25, -0.2) is 9.59 Å². The van der Waals surface area contributed by atoms with Crippen molar-refractivity contribution in [3.8, 4) is 6.07 Å². The number of amides is 2. The smallest absolute Gasteiger partial charge is 0.417 e. The summed E-state index contributed by atoms with van der Waals surface area (Å²) in [6, 6.07) is 13.4. The Morgan fingerprint density at radius 2 is 1.79 bits per heavy atom. The molecule has 2 aromatic carbocycles. The van der Waals surface area contributed by atoms with Crippen molar-refractivity contribution < 1.29 is 27.5 Å². The van der Waals surface area contributed by atoms with Crippen molar-refractivity contribution in [1.82, 2.24) is 9.80 Å². The number of rotatable bonds is 5. The van der Waals surface area contributed by atoms with E-state index in [9.17, 15) is 22.8 Å².